The maximum atomic E-state index is 12.9. The van der Waals surface area contributed by atoms with Crippen LogP contribution in [0, 0.1) is 11.3 Å². The number of pyridine rings is 1. The standard InChI is InChI=1S/C31H43N5O3/c1-3-21(4-2)26-16-27(35-30(34-26)22-7-12-32-13-8-22)25-20-36-14-9-23(25)15-24(36)19-33-28(37)17-31(18-29(38)39)10-5-6-11-31/h7-8,12-13,16,21,23-25H,3-6,9-11,14-15,17-20H2,1-2H3,(H,33,37)(H,38,39)/t23-,24+,25-/m0/s1. The Bertz CT molecular complexity index is 1150. The second-order valence-corrected chi connectivity index (χ2v) is 12.2. The molecule has 5 heterocycles. The average Bonchev–Trinajstić information content (AvgIpc) is 3.40. The third kappa shape index (κ3) is 6.32. The van der Waals surface area contributed by atoms with Gasteiger partial charge in [-0.15, -0.1) is 0 Å². The molecule has 39 heavy (non-hydrogen) atoms. The Hall–Kier alpha value is -2.87. The van der Waals surface area contributed by atoms with Crippen molar-refractivity contribution in [2.45, 2.75) is 95.9 Å². The molecule has 6 rings (SSSR count). The number of hydrogen-bond acceptors (Lipinski definition) is 6. The fourth-order valence-electron chi connectivity index (χ4n) is 7.59. The summed E-state index contributed by atoms with van der Waals surface area (Å²) < 4.78 is 0. The van der Waals surface area contributed by atoms with Gasteiger partial charge in [-0.25, -0.2) is 9.97 Å². The summed E-state index contributed by atoms with van der Waals surface area (Å²) in [5, 5.41) is 14.5. The number of quaternary nitrogens is 1. The van der Waals surface area contributed by atoms with Crippen molar-refractivity contribution in [3.05, 3.63) is 42.0 Å². The molecule has 8 heteroatoms. The molecule has 2 aromatic heterocycles. The summed E-state index contributed by atoms with van der Waals surface area (Å²) >= 11 is 0. The van der Waals surface area contributed by atoms with Crippen LogP contribution >= 0.6 is 0 Å². The van der Waals surface area contributed by atoms with Crippen molar-refractivity contribution in [3.8, 4) is 11.4 Å². The summed E-state index contributed by atoms with van der Waals surface area (Å²) in [6.45, 7) is 7.26. The first kappa shape index (κ1) is 27.7. The number of hydrogen-bond donors (Lipinski definition) is 2. The van der Waals surface area contributed by atoms with Crippen molar-refractivity contribution in [2.24, 2.45) is 11.3 Å². The number of rotatable bonds is 11. The molecule has 1 unspecified atom stereocenters. The summed E-state index contributed by atoms with van der Waals surface area (Å²) in [6.07, 6.45) is 11.8. The van der Waals surface area contributed by atoms with E-state index in [4.69, 9.17) is 9.97 Å². The number of nitrogens with zero attached hydrogens (tertiary/aromatic N) is 3. The van der Waals surface area contributed by atoms with Gasteiger partial charge in [0.05, 0.1) is 31.2 Å². The van der Waals surface area contributed by atoms with E-state index in [0.717, 1.165) is 80.8 Å². The Labute approximate surface area is 232 Å². The minimum absolute atomic E-state index is 0.00962. The predicted octanol–water partition coefficient (Wildman–Crippen LogP) is 2.41. The van der Waals surface area contributed by atoms with Gasteiger partial charge in [0, 0.05) is 54.8 Å². The van der Waals surface area contributed by atoms with Crippen LogP contribution < -0.4 is 15.3 Å². The number of nitrogens with one attached hydrogen (secondary N) is 2. The summed E-state index contributed by atoms with van der Waals surface area (Å²) in [4.78, 5) is 40.0. The van der Waals surface area contributed by atoms with Gasteiger partial charge in [0.15, 0.2) is 5.82 Å². The molecule has 1 saturated carbocycles. The number of carboxylic acids is 1. The zero-order chi connectivity index (χ0) is 27.4. The van der Waals surface area contributed by atoms with Crippen molar-refractivity contribution in [2.75, 3.05) is 19.6 Å². The minimum Gasteiger partial charge on any atom is -0.550 e. The lowest BCUT2D eigenvalue weighted by atomic mass is 9.73. The van der Waals surface area contributed by atoms with E-state index in [9.17, 15) is 14.7 Å². The highest BCUT2D eigenvalue weighted by Gasteiger charge is 2.45. The van der Waals surface area contributed by atoms with Crippen LogP contribution in [0.4, 0.5) is 0 Å². The Morgan fingerprint density at radius 2 is 1.87 bits per heavy atom. The molecule has 4 atom stereocenters. The maximum Gasteiger partial charge on any atom is 0.220 e. The van der Waals surface area contributed by atoms with Crippen LogP contribution in [0.25, 0.3) is 11.4 Å². The Kier molecular flexibility index (Phi) is 8.60. The van der Waals surface area contributed by atoms with Crippen LogP contribution in [0.5, 0.6) is 0 Å². The van der Waals surface area contributed by atoms with E-state index in [-0.39, 0.29) is 12.3 Å². The Balaban J connectivity index is 1.27. The van der Waals surface area contributed by atoms with Crippen LogP contribution in [-0.2, 0) is 9.59 Å². The molecule has 4 fully saturated rings. The number of piperidine rings is 3. The van der Waals surface area contributed by atoms with E-state index in [0.29, 0.717) is 36.8 Å². The summed E-state index contributed by atoms with van der Waals surface area (Å²) in [5.41, 5.74) is 2.89. The van der Waals surface area contributed by atoms with Gasteiger partial charge in [-0.3, -0.25) is 9.78 Å². The van der Waals surface area contributed by atoms with Crippen LogP contribution in [0.3, 0.4) is 0 Å². The zero-order valence-corrected chi connectivity index (χ0v) is 23.5. The van der Waals surface area contributed by atoms with Crippen LogP contribution in [0.1, 0.15) is 101 Å². The molecule has 0 radical (unpaired) electrons. The molecule has 8 nitrogen and oxygen atoms in total. The smallest absolute Gasteiger partial charge is 0.220 e. The third-order valence-electron chi connectivity index (χ3n) is 9.80. The Morgan fingerprint density at radius 3 is 2.51 bits per heavy atom. The molecule has 2 bridgehead atoms. The molecule has 3 saturated heterocycles. The van der Waals surface area contributed by atoms with Crippen molar-refractivity contribution < 1.29 is 19.6 Å². The molecular weight excluding hydrogens is 490 g/mol. The van der Waals surface area contributed by atoms with Gasteiger partial charge >= 0.3 is 0 Å². The van der Waals surface area contributed by atoms with Crippen LogP contribution in [-0.4, -0.2) is 52.5 Å². The normalized spacial score (nSPS) is 25.6. The Morgan fingerprint density at radius 1 is 1.13 bits per heavy atom. The van der Waals surface area contributed by atoms with Crippen molar-refractivity contribution >= 4 is 11.9 Å². The minimum atomic E-state index is -1.04. The molecule has 2 N–H and O–H groups in total. The van der Waals surface area contributed by atoms with Gasteiger partial charge in [-0.05, 0) is 61.6 Å². The molecule has 3 aliphatic heterocycles. The van der Waals surface area contributed by atoms with Crippen molar-refractivity contribution in [1.29, 1.82) is 0 Å². The second kappa shape index (κ2) is 12.1. The average molecular weight is 534 g/mol. The third-order valence-corrected chi connectivity index (χ3v) is 9.80. The highest BCUT2D eigenvalue weighted by Crippen LogP contribution is 2.44. The monoisotopic (exact) mass is 533 g/mol. The van der Waals surface area contributed by atoms with E-state index in [1.165, 1.54) is 6.42 Å². The van der Waals surface area contributed by atoms with E-state index < -0.39 is 11.4 Å². The number of carboxylic acid groups (broad SMARTS) is 1. The summed E-state index contributed by atoms with van der Waals surface area (Å²) in [6, 6.07) is 6.63. The highest BCUT2D eigenvalue weighted by atomic mass is 16.4. The number of carbonyl (C=O) groups is 2. The molecule has 4 aliphatic rings. The van der Waals surface area contributed by atoms with Gasteiger partial charge in [0.2, 0.25) is 5.91 Å². The van der Waals surface area contributed by atoms with E-state index in [1.807, 2.05) is 12.1 Å². The van der Waals surface area contributed by atoms with Crippen molar-refractivity contribution in [3.63, 3.8) is 0 Å². The molecule has 210 valence electrons. The first-order valence-electron chi connectivity index (χ1n) is 15.0. The highest BCUT2D eigenvalue weighted by molar-refractivity contribution is 5.78. The lowest BCUT2D eigenvalue weighted by Crippen LogP contribution is -3.20. The quantitative estimate of drug-likeness (QED) is 0.459. The van der Waals surface area contributed by atoms with E-state index >= 15 is 0 Å². The van der Waals surface area contributed by atoms with Gasteiger partial charge in [0.1, 0.15) is 6.04 Å². The number of carbonyl (C=O) groups excluding carboxylic acids is 2. The lowest BCUT2D eigenvalue weighted by molar-refractivity contribution is -0.942. The van der Waals surface area contributed by atoms with Gasteiger partial charge in [0.25, 0.3) is 0 Å². The molecule has 1 amide bonds. The number of aromatic nitrogens is 3. The van der Waals surface area contributed by atoms with Gasteiger partial charge in [-0.2, -0.15) is 0 Å². The van der Waals surface area contributed by atoms with E-state index in [2.05, 4.69) is 30.2 Å². The fraction of sp³-hybridized carbons (Fsp3) is 0.645. The number of fused-ring (bicyclic) bond motifs is 3. The SMILES string of the molecule is CCC(CC)c1cc([C@H]2C[NH+]3CC[C@H]2C[C@@H]3CNC(=O)CC2(CC(=O)[O-])CCCC2)nc(-c2ccncc2)n1. The predicted molar refractivity (Wildman–Crippen MR) is 147 cm³/mol. The summed E-state index contributed by atoms with van der Waals surface area (Å²) in [7, 11) is 0. The largest absolute Gasteiger partial charge is 0.550 e. The molecular formula is C31H43N5O3. The molecule has 2 aromatic rings. The molecule has 0 spiro atoms. The van der Waals surface area contributed by atoms with E-state index in [1.54, 1.807) is 17.3 Å². The lowest BCUT2D eigenvalue weighted by Gasteiger charge is -2.46. The molecule has 1 aliphatic carbocycles. The fourth-order valence-corrected chi connectivity index (χ4v) is 7.59. The van der Waals surface area contributed by atoms with Crippen molar-refractivity contribution in [1.82, 2.24) is 20.3 Å². The summed E-state index contributed by atoms with van der Waals surface area (Å²) in [5.74, 6) is 1.10. The maximum absolute atomic E-state index is 12.9. The van der Waals surface area contributed by atoms with Gasteiger partial charge < -0.3 is 20.1 Å². The van der Waals surface area contributed by atoms with Crippen LogP contribution in [0.2, 0.25) is 0 Å². The number of amides is 1. The second-order valence-electron chi connectivity index (χ2n) is 12.2. The number of aliphatic carboxylic acids is 1. The zero-order valence-electron chi connectivity index (χ0n) is 23.5. The first-order valence-corrected chi connectivity index (χ1v) is 15.0. The van der Waals surface area contributed by atoms with Crippen LogP contribution in [0.15, 0.2) is 30.6 Å². The first-order chi connectivity index (χ1) is 18.9. The topological polar surface area (TPSA) is 112 Å². The van der Waals surface area contributed by atoms with Gasteiger partial charge in [-0.1, -0.05) is 26.7 Å². The molecule has 0 aromatic carbocycles.